The van der Waals surface area contributed by atoms with E-state index in [1.54, 1.807) is 6.20 Å². The molecule has 0 unspecified atom stereocenters. The summed E-state index contributed by atoms with van der Waals surface area (Å²) < 4.78 is 1.49. The second kappa shape index (κ2) is 7.28. The van der Waals surface area contributed by atoms with Gasteiger partial charge in [0, 0.05) is 25.2 Å². The zero-order chi connectivity index (χ0) is 18.8. The number of nitrogens with zero attached hydrogens (tertiary/aromatic N) is 1. The van der Waals surface area contributed by atoms with Gasteiger partial charge in [-0.2, -0.15) is 0 Å². The van der Waals surface area contributed by atoms with Gasteiger partial charge in [-0.05, 0) is 36.8 Å². The van der Waals surface area contributed by atoms with Gasteiger partial charge in [0.25, 0.3) is 11.5 Å². The van der Waals surface area contributed by atoms with Crippen LogP contribution in [0.15, 0.2) is 47.4 Å². The molecule has 1 N–H and O–H groups in total. The first kappa shape index (κ1) is 18.1. The Morgan fingerprint density at radius 2 is 1.92 bits per heavy atom. The Labute approximate surface area is 153 Å². The fourth-order valence-electron chi connectivity index (χ4n) is 3.27. The standard InChI is InChI=1S/C21H24N2O3/c1-13-9-16(13)11-19(24)17-10-18(20(25)22-3)21(26)23(12-17)14(2)15-7-5-4-6-8-15/h4-8,10,12-14,16H,9,11H2,1-3H3,(H,22,25)/t13-,14+,16+/m0/s1. The Balaban J connectivity index is 2.04. The summed E-state index contributed by atoms with van der Waals surface area (Å²) in [5.41, 5.74) is 0.977. The molecule has 136 valence electrons. The summed E-state index contributed by atoms with van der Waals surface area (Å²) in [7, 11) is 1.48. The Morgan fingerprint density at radius 3 is 2.50 bits per heavy atom. The topological polar surface area (TPSA) is 68.2 Å². The zero-order valence-corrected chi connectivity index (χ0v) is 15.4. The molecule has 2 aromatic rings. The van der Waals surface area contributed by atoms with Gasteiger partial charge in [-0.1, -0.05) is 37.3 Å². The molecule has 0 bridgehead atoms. The third kappa shape index (κ3) is 3.62. The average molecular weight is 352 g/mol. The van der Waals surface area contributed by atoms with Crippen LogP contribution in [0.2, 0.25) is 0 Å². The van der Waals surface area contributed by atoms with Gasteiger partial charge in [0.1, 0.15) is 5.56 Å². The van der Waals surface area contributed by atoms with E-state index in [0.717, 1.165) is 12.0 Å². The second-order valence-electron chi connectivity index (χ2n) is 7.12. The largest absolute Gasteiger partial charge is 0.355 e. The summed E-state index contributed by atoms with van der Waals surface area (Å²) in [6.07, 6.45) is 3.13. The van der Waals surface area contributed by atoms with Crippen LogP contribution in [0.3, 0.4) is 0 Å². The smallest absolute Gasteiger partial charge is 0.263 e. The van der Waals surface area contributed by atoms with Crippen LogP contribution in [0.5, 0.6) is 0 Å². The molecule has 26 heavy (non-hydrogen) atoms. The molecule has 1 aliphatic carbocycles. The Bertz CT molecular complexity index is 886. The van der Waals surface area contributed by atoms with Crippen LogP contribution in [0.4, 0.5) is 0 Å². The normalized spacial score (nSPS) is 19.7. The number of pyridine rings is 1. The zero-order valence-electron chi connectivity index (χ0n) is 15.4. The summed E-state index contributed by atoms with van der Waals surface area (Å²) in [5, 5.41) is 2.49. The van der Waals surface area contributed by atoms with Crippen LogP contribution in [0.1, 0.15) is 59.0 Å². The minimum atomic E-state index is -0.474. The average Bonchev–Trinajstić information content (AvgIpc) is 3.35. The van der Waals surface area contributed by atoms with Crippen molar-refractivity contribution < 1.29 is 9.59 Å². The molecule has 0 radical (unpaired) electrons. The quantitative estimate of drug-likeness (QED) is 0.813. The van der Waals surface area contributed by atoms with E-state index in [-0.39, 0.29) is 17.4 Å². The van der Waals surface area contributed by atoms with E-state index < -0.39 is 11.5 Å². The van der Waals surface area contributed by atoms with E-state index in [1.165, 1.54) is 17.7 Å². The van der Waals surface area contributed by atoms with Gasteiger partial charge in [-0.3, -0.25) is 14.4 Å². The van der Waals surface area contributed by atoms with Crippen molar-refractivity contribution in [3.63, 3.8) is 0 Å². The molecule has 3 rings (SSSR count). The molecule has 3 atom stereocenters. The summed E-state index contributed by atoms with van der Waals surface area (Å²) in [4.78, 5) is 37.7. The van der Waals surface area contributed by atoms with Crippen LogP contribution < -0.4 is 10.9 Å². The van der Waals surface area contributed by atoms with Crippen molar-refractivity contribution in [3.8, 4) is 0 Å². The Kier molecular flexibility index (Phi) is 5.07. The number of hydrogen-bond acceptors (Lipinski definition) is 3. The van der Waals surface area contributed by atoms with E-state index in [9.17, 15) is 14.4 Å². The Morgan fingerprint density at radius 1 is 1.27 bits per heavy atom. The van der Waals surface area contributed by atoms with Crippen molar-refractivity contribution in [1.82, 2.24) is 9.88 Å². The summed E-state index contributed by atoms with van der Waals surface area (Å²) in [6.45, 7) is 4.02. The minimum absolute atomic E-state index is 0.00461. The van der Waals surface area contributed by atoms with E-state index in [4.69, 9.17) is 0 Å². The number of carbonyl (C=O) groups excluding carboxylic acids is 2. The first-order valence-corrected chi connectivity index (χ1v) is 8.98. The van der Waals surface area contributed by atoms with Crippen molar-refractivity contribution in [3.05, 3.63) is 69.6 Å². The summed E-state index contributed by atoms with van der Waals surface area (Å²) in [6, 6.07) is 10.7. The van der Waals surface area contributed by atoms with Gasteiger partial charge in [0.15, 0.2) is 5.78 Å². The van der Waals surface area contributed by atoms with E-state index in [1.807, 2.05) is 37.3 Å². The number of amides is 1. The Hall–Kier alpha value is -2.69. The number of carbonyl (C=O) groups is 2. The van der Waals surface area contributed by atoms with Crippen LogP contribution in [-0.2, 0) is 0 Å². The maximum Gasteiger partial charge on any atom is 0.263 e. The number of Topliss-reactive ketones (excluding diaryl/α,β-unsaturated/α-hetero) is 1. The molecule has 0 spiro atoms. The van der Waals surface area contributed by atoms with Crippen LogP contribution in [0, 0.1) is 11.8 Å². The SMILES string of the molecule is CNC(=O)c1cc(C(=O)C[C@H]2C[C@@H]2C)cn([C@H](C)c2ccccc2)c1=O. The predicted molar refractivity (Wildman–Crippen MR) is 101 cm³/mol. The highest BCUT2D eigenvalue weighted by atomic mass is 16.2. The predicted octanol–water partition coefficient (Wildman–Crippen LogP) is 3.05. The molecular weight excluding hydrogens is 328 g/mol. The van der Waals surface area contributed by atoms with E-state index in [2.05, 4.69) is 12.2 Å². The lowest BCUT2D eigenvalue weighted by Crippen LogP contribution is -2.33. The van der Waals surface area contributed by atoms with Gasteiger partial charge in [-0.25, -0.2) is 0 Å². The molecule has 0 aliphatic heterocycles. The first-order valence-electron chi connectivity index (χ1n) is 8.98. The van der Waals surface area contributed by atoms with E-state index >= 15 is 0 Å². The third-order valence-corrected chi connectivity index (χ3v) is 5.26. The van der Waals surface area contributed by atoms with Crippen LogP contribution in [-0.4, -0.2) is 23.3 Å². The number of aromatic nitrogens is 1. The maximum absolute atomic E-state index is 12.8. The number of benzene rings is 1. The highest BCUT2D eigenvalue weighted by molar-refractivity contribution is 6.00. The number of ketones is 1. The highest BCUT2D eigenvalue weighted by Gasteiger charge is 2.34. The fourth-order valence-corrected chi connectivity index (χ4v) is 3.27. The minimum Gasteiger partial charge on any atom is -0.355 e. The van der Waals surface area contributed by atoms with Gasteiger partial charge in [0.2, 0.25) is 0 Å². The lowest BCUT2D eigenvalue weighted by atomic mass is 10.0. The van der Waals surface area contributed by atoms with Gasteiger partial charge >= 0.3 is 0 Å². The highest BCUT2D eigenvalue weighted by Crippen LogP contribution is 2.41. The number of rotatable bonds is 6. The summed E-state index contributed by atoms with van der Waals surface area (Å²) in [5.74, 6) is 0.501. The summed E-state index contributed by atoms with van der Waals surface area (Å²) >= 11 is 0. The van der Waals surface area contributed by atoms with E-state index in [0.29, 0.717) is 23.8 Å². The van der Waals surface area contributed by atoms with Gasteiger partial charge in [0.05, 0.1) is 6.04 Å². The van der Waals surface area contributed by atoms with Gasteiger partial charge in [-0.15, -0.1) is 0 Å². The number of hydrogen-bond donors (Lipinski definition) is 1. The lowest BCUT2D eigenvalue weighted by Gasteiger charge is -2.18. The molecule has 1 amide bonds. The lowest BCUT2D eigenvalue weighted by molar-refractivity contribution is 0.0961. The van der Waals surface area contributed by atoms with Crippen LogP contribution >= 0.6 is 0 Å². The van der Waals surface area contributed by atoms with Crippen molar-refractivity contribution in [2.45, 2.75) is 32.7 Å². The van der Waals surface area contributed by atoms with Crippen molar-refractivity contribution >= 4 is 11.7 Å². The molecule has 1 heterocycles. The number of nitrogens with one attached hydrogen (secondary N) is 1. The molecule has 1 aromatic carbocycles. The second-order valence-corrected chi connectivity index (χ2v) is 7.12. The first-order chi connectivity index (χ1) is 12.4. The molecule has 1 fully saturated rings. The van der Waals surface area contributed by atoms with Crippen molar-refractivity contribution in [2.75, 3.05) is 7.05 Å². The van der Waals surface area contributed by atoms with Crippen LogP contribution in [0.25, 0.3) is 0 Å². The maximum atomic E-state index is 12.8. The third-order valence-electron chi connectivity index (χ3n) is 5.26. The molecule has 1 aliphatic rings. The fraction of sp³-hybridized carbons (Fsp3) is 0.381. The molecule has 1 saturated carbocycles. The molecule has 0 saturated heterocycles. The molecule has 5 heteroatoms. The molecule has 5 nitrogen and oxygen atoms in total. The van der Waals surface area contributed by atoms with Crippen molar-refractivity contribution in [2.24, 2.45) is 11.8 Å². The monoisotopic (exact) mass is 352 g/mol. The molecular formula is C21H24N2O3. The van der Waals surface area contributed by atoms with Gasteiger partial charge < -0.3 is 9.88 Å². The van der Waals surface area contributed by atoms with Crippen molar-refractivity contribution in [1.29, 1.82) is 0 Å². The molecule has 1 aromatic heterocycles.